The van der Waals surface area contributed by atoms with Crippen LogP contribution in [0.15, 0.2) is 42.5 Å². The lowest BCUT2D eigenvalue weighted by Gasteiger charge is -2.24. The smallest absolute Gasteiger partial charge is 0.341 e. The Morgan fingerprint density at radius 1 is 1.10 bits per heavy atom. The van der Waals surface area contributed by atoms with Crippen LogP contribution in [0.4, 0.5) is 5.00 Å². The Hall–Kier alpha value is -2.93. The number of carboxylic acids is 1. The van der Waals surface area contributed by atoms with Crippen molar-refractivity contribution in [3.8, 4) is 0 Å². The fourth-order valence-electron chi connectivity index (χ4n) is 4.58. The zero-order valence-corrected chi connectivity index (χ0v) is 18.1. The number of amides is 1. The molecule has 31 heavy (non-hydrogen) atoms. The van der Waals surface area contributed by atoms with Gasteiger partial charge in [-0.15, -0.1) is 11.3 Å². The highest BCUT2D eigenvalue weighted by molar-refractivity contribution is 7.17. The van der Waals surface area contributed by atoms with Crippen LogP contribution in [0.5, 0.6) is 0 Å². The van der Waals surface area contributed by atoms with Crippen LogP contribution in [0.3, 0.4) is 0 Å². The number of aliphatic carboxylic acids is 1. The number of hydrogen-bond donors (Lipinski definition) is 2. The highest BCUT2D eigenvalue weighted by Crippen LogP contribution is 2.43. The summed E-state index contributed by atoms with van der Waals surface area (Å²) in [6.45, 7) is 0. The normalized spacial score (nSPS) is 22.4. The number of fused-ring (bicyclic) bond motifs is 1. The van der Waals surface area contributed by atoms with Crippen LogP contribution < -0.4 is 5.32 Å². The monoisotopic (exact) mass is 439 g/mol. The van der Waals surface area contributed by atoms with Crippen LogP contribution in [0, 0.1) is 11.8 Å². The van der Waals surface area contributed by atoms with Gasteiger partial charge in [0.05, 0.1) is 24.5 Å². The Morgan fingerprint density at radius 2 is 1.81 bits per heavy atom. The summed E-state index contributed by atoms with van der Waals surface area (Å²) in [6.07, 6.45) is 6.79. The summed E-state index contributed by atoms with van der Waals surface area (Å²) in [6, 6.07) is 10.3. The van der Waals surface area contributed by atoms with E-state index in [-0.39, 0.29) is 5.91 Å². The number of esters is 1. The average Bonchev–Trinajstić information content (AvgIpc) is 3.16. The van der Waals surface area contributed by atoms with Crippen molar-refractivity contribution in [3.05, 3.63) is 64.1 Å². The Labute approximate surface area is 184 Å². The maximum absolute atomic E-state index is 13.0. The van der Waals surface area contributed by atoms with Crippen LogP contribution in [0.1, 0.15) is 51.5 Å². The number of hydrogen-bond acceptors (Lipinski definition) is 5. The van der Waals surface area contributed by atoms with Gasteiger partial charge in [0.15, 0.2) is 0 Å². The van der Waals surface area contributed by atoms with Gasteiger partial charge in [-0.25, -0.2) is 4.79 Å². The summed E-state index contributed by atoms with van der Waals surface area (Å²) in [5, 5.41) is 12.8. The molecule has 2 aliphatic rings. The summed E-state index contributed by atoms with van der Waals surface area (Å²) in [7, 11) is 1.33. The molecular weight excluding hydrogens is 414 g/mol. The van der Waals surface area contributed by atoms with Gasteiger partial charge in [-0.3, -0.25) is 9.59 Å². The van der Waals surface area contributed by atoms with Gasteiger partial charge in [-0.1, -0.05) is 42.5 Å². The van der Waals surface area contributed by atoms with Gasteiger partial charge in [0.25, 0.3) is 0 Å². The van der Waals surface area contributed by atoms with E-state index < -0.39 is 23.8 Å². The molecule has 4 rings (SSSR count). The molecule has 0 bridgehead atoms. The van der Waals surface area contributed by atoms with Gasteiger partial charge in [-0.2, -0.15) is 0 Å². The third-order valence-corrected chi connectivity index (χ3v) is 7.42. The molecule has 2 aromatic rings. The third kappa shape index (κ3) is 4.28. The van der Waals surface area contributed by atoms with Crippen molar-refractivity contribution >= 4 is 34.2 Å². The second-order valence-electron chi connectivity index (χ2n) is 8.03. The standard InChI is InChI=1S/C24H25NO5S/c1-30-24(29)20-18-12-11-15(14-7-3-2-4-8-14)13-19(18)31-22(20)25-21(26)16-9-5-6-10-17(16)23(27)28/h2-8,15-17H,9-13H2,1H3,(H,25,26)(H,27,28)/t15-,16-,17-/m1/s1. The average molecular weight is 440 g/mol. The number of rotatable bonds is 5. The van der Waals surface area contributed by atoms with E-state index in [2.05, 4.69) is 17.4 Å². The summed E-state index contributed by atoms with van der Waals surface area (Å²) in [4.78, 5) is 38.2. The minimum atomic E-state index is -0.978. The molecule has 162 valence electrons. The van der Waals surface area contributed by atoms with Crippen molar-refractivity contribution in [1.82, 2.24) is 0 Å². The van der Waals surface area contributed by atoms with Gasteiger partial charge in [0, 0.05) is 4.88 Å². The third-order valence-electron chi connectivity index (χ3n) is 6.25. The van der Waals surface area contributed by atoms with Crippen LogP contribution in [0.2, 0.25) is 0 Å². The van der Waals surface area contributed by atoms with E-state index in [1.807, 2.05) is 24.3 Å². The first-order valence-electron chi connectivity index (χ1n) is 10.5. The second kappa shape index (κ2) is 9.06. The number of anilines is 1. The minimum Gasteiger partial charge on any atom is -0.481 e. The minimum absolute atomic E-state index is 0.330. The zero-order valence-electron chi connectivity index (χ0n) is 17.3. The molecule has 0 unspecified atom stereocenters. The molecular formula is C24H25NO5S. The lowest BCUT2D eigenvalue weighted by Crippen LogP contribution is -2.34. The molecule has 0 radical (unpaired) electrons. The lowest BCUT2D eigenvalue weighted by molar-refractivity contribution is -0.146. The summed E-state index contributed by atoms with van der Waals surface area (Å²) in [5.41, 5.74) is 2.63. The number of nitrogens with one attached hydrogen (secondary N) is 1. The number of carbonyl (C=O) groups is 3. The van der Waals surface area contributed by atoms with E-state index in [4.69, 9.17) is 4.74 Å². The molecule has 2 aliphatic carbocycles. The lowest BCUT2D eigenvalue weighted by atomic mass is 9.82. The number of thiophene rings is 1. The van der Waals surface area contributed by atoms with Crippen molar-refractivity contribution in [3.63, 3.8) is 0 Å². The topological polar surface area (TPSA) is 92.7 Å². The van der Waals surface area contributed by atoms with Gasteiger partial charge in [0.1, 0.15) is 5.00 Å². The van der Waals surface area contributed by atoms with E-state index in [9.17, 15) is 19.5 Å². The zero-order chi connectivity index (χ0) is 22.0. The number of methoxy groups -OCH3 is 1. The van der Waals surface area contributed by atoms with Gasteiger partial charge < -0.3 is 15.2 Å². The Kier molecular flexibility index (Phi) is 6.23. The van der Waals surface area contributed by atoms with E-state index >= 15 is 0 Å². The van der Waals surface area contributed by atoms with Crippen LogP contribution >= 0.6 is 11.3 Å². The van der Waals surface area contributed by atoms with Crippen molar-refractivity contribution in [1.29, 1.82) is 0 Å². The van der Waals surface area contributed by atoms with Gasteiger partial charge >= 0.3 is 11.9 Å². The van der Waals surface area contributed by atoms with Crippen LogP contribution in [0.25, 0.3) is 0 Å². The van der Waals surface area contributed by atoms with Crippen LogP contribution in [-0.2, 0) is 27.2 Å². The molecule has 0 spiro atoms. The quantitative estimate of drug-likeness (QED) is 0.532. The number of ether oxygens (including phenoxy) is 1. The molecule has 2 N–H and O–H groups in total. The Bertz CT molecular complexity index is 1030. The van der Waals surface area contributed by atoms with Crippen molar-refractivity contribution < 1.29 is 24.2 Å². The second-order valence-corrected chi connectivity index (χ2v) is 9.14. The first-order valence-corrected chi connectivity index (χ1v) is 11.3. The Balaban J connectivity index is 1.62. The van der Waals surface area contributed by atoms with E-state index in [0.717, 1.165) is 29.7 Å². The first-order chi connectivity index (χ1) is 15.0. The molecule has 1 heterocycles. The number of benzene rings is 1. The Morgan fingerprint density at radius 3 is 2.48 bits per heavy atom. The number of carboxylic acid groups (broad SMARTS) is 1. The number of allylic oxidation sites excluding steroid dienone is 2. The molecule has 1 amide bonds. The van der Waals surface area contributed by atoms with Gasteiger partial charge in [0.2, 0.25) is 5.91 Å². The highest BCUT2D eigenvalue weighted by Gasteiger charge is 2.36. The molecule has 3 atom stereocenters. The SMILES string of the molecule is COC(=O)c1c(NC(=O)[C@@H]2CC=CC[C@H]2C(=O)O)sc2c1CC[C@@H](c1ccccc1)C2. The maximum atomic E-state index is 13.0. The predicted octanol–water partition coefficient (Wildman–Crippen LogP) is 4.41. The van der Waals surface area contributed by atoms with Gasteiger partial charge in [-0.05, 0) is 49.1 Å². The predicted molar refractivity (Wildman–Crippen MR) is 118 cm³/mol. The number of carbonyl (C=O) groups excluding carboxylic acids is 2. The molecule has 7 heteroatoms. The van der Waals surface area contributed by atoms with Crippen molar-refractivity contribution in [2.75, 3.05) is 12.4 Å². The fourth-order valence-corrected chi connectivity index (χ4v) is 5.90. The van der Waals surface area contributed by atoms with Crippen molar-refractivity contribution in [2.24, 2.45) is 11.8 Å². The fraction of sp³-hybridized carbons (Fsp3) is 0.375. The van der Waals surface area contributed by atoms with Crippen LogP contribution in [-0.4, -0.2) is 30.1 Å². The molecule has 0 saturated heterocycles. The molecule has 0 saturated carbocycles. The van der Waals surface area contributed by atoms with E-state index in [1.165, 1.54) is 24.0 Å². The molecule has 0 aliphatic heterocycles. The van der Waals surface area contributed by atoms with E-state index in [1.54, 1.807) is 6.08 Å². The van der Waals surface area contributed by atoms with Crippen molar-refractivity contribution in [2.45, 2.75) is 38.0 Å². The summed E-state index contributed by atoms with van der Waals surface area (Å²) >= 11 is 1.41. The highest BCUT2D eigenvalue weighted by atomic mass is 32.1. The van der Waals surface area contributed by atoms with E-state index in [0.29, 0.717) is 29.3 Å². The first kappa shape index (κ1) is 21.3. The molecule has 1 aromatic carbocycles. The summed E-state index contributed by atoms with van der Waals surface area (Å²) in [5.74, 6) is -2.87. The molecule has 1 aromatic heterocycles. The molecule has 0 fully saturated rings. The summed E-state index contributed by atoms with van der Waals surface area (Å²) < 4.78 is 5.01. The largest absolute Gasteiger partial charge is 0.481 e. The molecule has 6 nitrogen and oxygen atoms in total. The maximum Gasteiger partial charge on any atom is 0.341 e.